The van der Waals surface area contributed by atoms with Crippen LogP contribution in [0.1, 0.15) is 24.2 Å². The predicted molar refractivity (Wildman–Crippen MR) is 71.1 cm³/mol. The van der Waals surface area contributed by atoms with Gasteiger partial charge in [0.1, 0.15) is 11.4 Å². The first-order chi connectivity index (χ1) is 9.51. The van der Waals surface area contributed by atoms with Gasteiger partial charge in [-0.05, 0) is 26.0 Å². The van der Waals surface area contributed by atoms with Crippen LogP contribution in [-0.4, -0.2) is 42.0 Å². The molecule has 0 saturated carbocycles. The summed E-state index contributed by atoms with van der Waals surface area (Å²) < 4.78 is 18.4. The van der Waals surface area contributed by atoms with Crippen LogP contribution in [0.5, 0.6) is 0 Å². The van der Waals surface area contributed by atoms with Crippen LogP contribution in [0, 0.1) is 15.9 Å². The van der Waals surface area contributed by atoms with Crippen molar-refractivity contribution in [3.63, 3.8) is 0 Å². The number of rotatable bonds is 7. The maximum atomic E-state index is 13.2. The minimum absolute atomic E-state index is 0.242. The third kappa shape index (κ3) is 3.99. The molecule has 0 radical (unpaired) electrons. The first-order valence-corrected chi connectivity index (χ1v) is 6.32. The van der Waals surface area contributed by atoms with Crippen LogP contribution in [0.25, 0.3) is 0 Å². The summed E-state index contributed by atoms with van der Waals surface area (Å²) in [6, 6.07) is 2.86. The van der Waals surface area contributed by atoms with E-state index in [4.69, 9.17) is 4.74 Å². The Morgan fingerprint density at radius 3 is 2.70 bits per heavy atom. The van der Waals surface area contributed by atoms with Crippen molar-refractivity contribution < 1.29 is 18.8 Å². The molecule has 0 aliphatic heterocycles. The van der Waals surface area contributed by atoms with Gasteiger partial charge in [0.15, 0.2) is 0 Å². The van der Waals surface area contributed by atoms with Gasteiger partial charge in [-0.2, -0.15) is 0 Å². The minimum Gasteiger partial charge on any atom is -0.380 e. The highest BCUT2D eigenvalue weighted by molar-refractivity contribution is 5.98. The Bertz CT molecular complexity index is 493. The third-order valence-electron chi connectivity index (χ3n) is 2.76. The molecule has 0 atom stereocenters. The van der Waals surface area contributed by atoms with E-state index in [-0.39, 0.29) is 5.56 Å². The van der Waals surface area contributed by atoms with Gasteiger partial charge in [0, 0.05) is 25.8 Å². The summed E-state index contributed by atoms with van der Waals surface area (Å²) in [7, 11) is 0. The van der Waals surface area contributed by atoms with Crippen molar-refractivity contribution in [3.05, 3.63) is 39.7 Å². The van der Waals surface area contributed by atoms with Crippen molar-refractivity contribution in [2.24, 2.45) is 0 Å². The molecular formula is C13H17FN2O4. The van der Waals surface area contributed by atoms with E-state index in [1.54, 1.807) is 6.92 Å². The molecule has 6 nitrogen and oxygen atoms in total. The molecule has 0 spiro atoms. The number of nitro groups is 1. The van der Waals surface area contributed by atoms with Gasteiger partial charge in [-0.3, -0.25) is 14.9 Å². The fourth-order valence-corrected chi connectivity index (χ4v) is 1.73. The number of carbonyl (C=O) groups excluding carboxylic acids is 1. The van der Waals surface area contributed by atoms with Gasteiger partial charge in [-0.1, -0.05) is 0 Å². The fourth-order valence-electron chi connectivity index (χ4n) is 1.73. The molecule has 0 heterocycles. The number of carbonyl (C=O) groups is 1. The lowest BCUT2D eigenvalue weighted by atomic mass is 10.1. The number of halogens is 1. The average molecular weight is 284 g/mol. The number of hydrogen-bond donors (Lipinski definition) is 0. The highest BCUT2D eigenvalue weighted by atomic mass is 19.1. The van der Waals surface area contributed by atoms with E-state index in [2.05, 4.69) is 0 Å². The summed E-state index contributed by atoms with van der Waals surface area (Å²) in [4.78, 5) is 23.8. The number of amides is 1. The molecule has 0 aromatic heterocycles. The Hall–Kier alpha value is -2.02. The topological polar surface area (TPSA) is 72.7 Å². The average Bonchev–Trinajstić information content (AvgIpc) is 2.42. The Morgan fingerprint density at radius 2 is 2.15 bits per heavy atom. The maximum absolute atomic E-state index is 13.2. The highest BCUT2D eigenvalue weighted by Gasteiger charge is 2.24. The van der Waals surface area contributed by atoms with Gasteiger partial charge in [-0.25, -0.2) is 4.39 Å². The van der Waals surface area contributed by atoms with Crippen molar-refractivity contribution in [1.82, 2.24) is 4.90 Å². The second-order valence-electron chi connectivity index (χ2n) is 4.00. The van der Waals surface area contributed by atoms with Crippen molar-refractivity contribution in [2.45, 2.75) is 13.8 Å². The first-order valence-electron chi connectivity index (χ1n) is 6.32. The van der Waals surface area contributed by atoms with Gasteiger partial charge in [0.05, 0.1) is 11.5 Å². The minimum atomic E-state index is -0.691. The van der Waals surface area contributed by atoms with E-state index in [0.717, 1.165) is 18.2 Å². The molecule has 7 heteroatoms. The molecule has 1 aromatic rings. The molecule has 1 rings (SSSR count). The van der Waals surface area contributed by atoms with Gasteiger partial charge < -0.3 is 9.64 Å². The molecular weight excluding hydrogens is 267 g/mol. The fraction of sp³-hybridized carbons (Fsp3) is 0.462. The van der Waals surface area contributed by atoms with Crippen LogP contribution in [0.2, 0.25) is 0 Å². The van der Waals surface area contributed by atoms with Crippen molar-refractivity contribution >= 4 is 11.6 Å². The van der Waals surface area contributed by atoms with Gasteiger partial charge in [-0.15, -0.1) is 0 Å². The Labute approximate surface area is 116 Å². The summed E-state index contributed by atoms with van der Waals surface area (Å²) in [5.74, 6) is -1.25. The van der Waals surface area contributed by atoms with Crippen LogP contribution in [0.3, 0.4) is 0 Å². The zero-order valence-electron chi connectivity index (χ0n) is 11.5. The molecule has 0 N–H and O–H groups in total. The van der Waals surface area contributed by atoms with Crippen molar-refractivity contribution in [1.29, 1.82) is 0 Å². The van der Waals surface area contributed by atoms with E-state index < -0.39 is 22.3 Å². The monoisotopic (exact) mass is 284 g/mol. The lowest BCUT2D eigenvalue weighted by Crippen LogP contribution is -2.34. The lowest BCUT2D eigenvalue weighted by Gasteiger charge is -2.20. The molecule has 0 fully saturated rings. The number of nitrogens with zero attached hydrogens (tertiary/aromatic N) is 2. The number of hydrogen-bond acceptors (Lipinski definition) is 4. The molecule has 1 amide bonds. The molecule has 0 unspecified atom stereocenters. The van der Waals surface area contributed by atoms with Crippen molar-refractivity contribution in [2.75, 3.05) is 26.3 Å². The largest absolute Gasteiger partial charge is 0.380 e. The Morgan fingerprint density at radius 1 is 1.45 bits per heavy atom. The van der Waals surface area contributed by atoms with E-state index in [1.165, 1.54) is 4.90 Å². The third-order valence-corrected chi connectivity index (χ3v) is 2.76. The van der Waals surface area contributed by atoms with Gasteiger partial charge in [0.25, 0.3) is 11.6 Å². The normalized spacial score (nSPS) is 10.3. The number of ether oxygens (including phenoxy) is 1. The zero-order chi connectivity index (χ0) is 15.1. The maximum Gasteiger partial charge on any atom is 0.282 e. The second kappa shape index (κ2) is 7.54. The van der Waals surface area contributed by atoms with E-state index in [0.29, 0.717) is 26.3 Å². The summed E-state index contributed by atoms with van der Waals surface area (Å²) in [6.07, 6.45) is 0. The number of likely N-dealkylation sites (N-methyl/N-ethyl adjacent to an activating group) is 1. The quantitative estimate of drug-likeness (QED) is 0.437. The Kier molecular flexibility index (Phi) is 6.05. The van der Waals surface area contributed by atoms with E-state index in [9.17, 15) is 19.3 Å². The summed E-state index contributed by atoms with van der Waals surface area (Å²) in [5.41, 5.74) is -0.639. The molecule has 0 bridgehead atoms. The second-order valence-corrected chi connectivity index (χ2v) is 4.00. The molecule has 0 aliphatic rings. The molecule has 1 aromatic carbocycles. The van der Waals surface area contributed by atoms with Crippen LogP contribution < -0.4 is 0 Å². The molecule has 0 aliphatic carbocycles. The number of nitro benzene ring substituents is 1. The smallest absolute Gasteiger partial charge is 0.282 e. The Balaban J connectivity index is 2.99. The van der Waals surface area contributed by atoms with Crippen LogP contribution >= 0.6 is 0 Å². The van der Waals surface area contributed by atoms with Crippen LogP contribution in [-0.2, 0) is 4.74 Å². The SMILES string of the molecule is CCOCCN(CC)C(=O)c1cc(F)ccc1[N+](=O)[O-]. The molecule has 110 valence electrons. The van der Waals surface area contributed by atoms with E-state index >= 15 is 0 Å². The van der Waals surface area contributed by atoms with Gasteiger partial charge >= 0.3 is 0 Å². The zero-order valence-corrected chi connectivity index (χ0v) is 11.5. The summed E-state index contributed by atoms with van der Waals surface area (Å²) in [6.45, 7) is 5.09. The molecule has 0 saturated heterocycles. The highest BCUT2D eigenvalue weighted by Crippen LogP contribution is 2.21. The first kappa shape index (κ1) is 16.0. The summed E-state index contributed by atoms with van der Waals surface area (Å²) in [5, 5.41) is 10.9. The lowest BCUT2D eigenvalue weighted by molar-refractivity contribution is -0.385. The number of benzene rings is 1. The summed E-state index contributed by atoms with van der Waals surface area (Å²) >= 11 is 0. The van der Waals surface area contributed by atoms with Crippen LogP contribution in [0.15, 0.2) is 18.2 Å². The predicted octanol–water partition coefficient (Wildman–Crippen LogP) is 2.23. The van der Waals surface area contributed by atoms with Crippen LogP contribution in [0.4, 0.5) is 10.1 Å². The van der Waals surface area contributed by atoms with Crippen molar-refractivity contribution in [3.8, 4) is 0 Å². The van der Waals surface area contributed by atoms with E-state index in [1.807, 2.05) is 6.92 Å². The molecule has 20 heavy (non-hydrogen) atoms. The standard InChI is InChI=1S/C13H17FN2O4/c1-3-15(7-8-20-4-2)13(17)11-9-10(14)5-6-12(11)16(18)19/h5-6,9H,3-4,7-8H2,1-2H3. The van der Waals surface area contributed by atoms with Gasteiger partial charge in [0.2, 0.25) is 0 Å².